The van der Waals surface area contributed by atoms with Gasteiger partial charge in [-0.3, -0.25) is 4.79 Å². The van der Waals surface area contributed by atoms with Crippen LogP contribution in [0.5, 0.6) is 0 Å². The van der Waals surface area contributed by atoms with Crippen molar-refractivity contribution in [2.45, 2.75) is 59.9 Å². The predicted molar refractivity (Wildman–Crippen MR) is 74.0 cm³/mol. The Hall–Kier alpha value is -0.570. The number of nitrogens with one attached hydrogen (secondary N) is 1. The van der Waals surface area contributed by atoms with Crippen LogP contribution in [0.4, 0.5) is 0 Å². The molecule has 0 aliphatic heterocycles. The van der Waals surface area contributed by atoms with Gasteiger partial charge in [-0.25, -0.2) is 0 Å². The lowest BCUT2D eigenvalue weighted by Crippen LogP contribution is -2.52. The molecule has 2 bridgehead atoms. The molecule has 2 aliphatic carbocycles. The molecule has 0 saturated heterocycles. The molecule has 0 aromatic heterocycles. The molecule has 2 fully saturated rings. The van der Waals surface area contributed by atoms with E-state index in [4.69, 9.17) is 5.73 Å². The van der Waals surface area contributed by atoms with E-state index in [-0.39, 0.29) is 11.3 Å². The molecule has 0 radical (unpaired) electrons. The van der Waals surface area contributed by atoms with Gasteiger partial charge >= 0.3 is 0 Å². The molecule has 2 aliphatic rings. The van der Waals surface area contributed by atoms with E-state index in [0.29, 0.717) is 18.0 Å². The first-order valence-electron chi connectivity index (χ1n) is 7.16. The highest BCUT2D eigenvalue weighted by molar-refractivity contribution is 5.82. The molecule has 3 unspecified atom stereocenters. The first-order chi connectivity index (χ1) is 8.15. The molecule has 0 aromatic carbocycles. The maximum atomic E-state index is 12.3. The standard InChI is InChI=1S/C15H28N2O/c1-13(2,9-16)12(18)17-11-8-10-6-7-15(11,5)14(10,3)4/h10-11H,6-9,16H2,1-5H3,(H,17,18). The van der Waals surface area contributed by atoms with Crippen LogP contribution in [0, 0.1) is 22.2 Å². The first kappa shape index (κ1) is 13.9. The summed E-state index contributed by atoms with van der Waals surface area (Å²) < 4.78 is 0. The van der Waals surface area contributed by atoms with E-state index >= 15 is 0 Å². The van der Waals surface area contributed by atoms with Crippen molar-refractivity contribution in [1.82, 2.24) is 5.32 Å². The Morgan fingerprint density at radius 2 is 2.00 bits per heavy atom. The first-order valence-corrected chi connectivity index (χ1v) is 7.16. The van der Waals surface area contributed by atoms with Crippen LogP contribution >= 0.6 is 0 Å². The molecule has 0 aromatic rings. The van der Waals surface area contributed by atoms with Crippen LogP contribution in [-0.4, -0.2) is 18.5 Å². The Kier molecular flexibility index (Phi) is 3.05. The van der Waals surface area contributed by atoms with Crippen molar-refractivity contribution < 1.29 is 4.79 Å². The lowest BCUT2D eigenvalue weighted by atomic mass is 9.69. The van der Waals surface area contributed by atoms with Gasteiger partial charge in [-0.1, -0.05) is 20.8 Å². The quantitative estimate of drug-likeness (QED) is 0.810. The zero-order valence-electron chi connectivity index (χ0n) is 12.5. The predicted octanol–water partition coefficient (Wildman–Crippen LogP) is 2.30. The van der Waals surface area contributed by atoms with Gasteiger partial charge in [0.2, 0.25) is 5.91 Å². The summed E-state index contributed by atoms with van der Waals surface area (Å²) in [5.41, 5.74) is 5.82. The summed E-state index contributed by atoms with van der Waals surface area (Å²) in [6.07, 6.45) is 3.69. The van der Waals surface area contributed by atoms with Crippen molar-refractivity contribution in [3.8, 4) is 0 Å². The van der Waals surface area contributed by atoms with Crippen molar-refractivity contribution in [3.05, 3.63) is 0 Å². The number of hydrogen-bond acceptors (Lipinski definition) is 2. The number of hydrogen-bond donors (Lipinski definition) is 2. The lowest BCUT2D eigenvalue weighted by Gasteiger charge is -2.40. The Morgan fingerprint density at radius 1 is 1.39 bits per heavy atom. The highest BCUT2D eigenvalue weighted by Crippen LogP contribution is 2.65. The minimum atomic E-state index is -0.456. The van der Waals surface area contributed by atoms with Crippen LogP contribution < -0.4 is 11.1 Å². The fourth-order valence-electron chi connectivity index (χ4n) is 3.87. The summed E-state index contributed by atoms with van der Waals surface area (Å²) in [6, 6.07) is 0.324. The van der Waals surface area contributed by atoms with E-state index in [9.17, 15) is 4.79 Å². The van der Waals surface area contributed by atoms with E-state index in [0.717, 1.165) is 12.3 Å². The summed E-state index contributed by atoms with van der Waals surface area (Å²) in [6.45, 7) is 11.3. The second-order valence-corrected chi connectivity index (χ2v) is 7.72. The van der Waals surface area contributed by atoms with Gasteiger partial charge in [-0.05, 0) is 49.9 Å². The Morgan fingerprint density at radius 3 is 2.39 bits per heavy atom. The van der Waals surface area contributed by atoms with Gasteiger partial charge < -0.3 is 11.1 Å². The highest BCUT2D eigenvalue weighted by Gasteiger charge is 2.61. The van der Waals surface area contributed by atoms with Crippen LogP contribution in [-0.2, 0) is 4.79 Å². The molecule has 104 valence electrons. The molecule has 3 heteroatoms. The molecule has 3 nitrogen and oxygen atoms in total. The van der Waals surface area contributed by atoms with Gasteiger partial charge in [-0.15, -0.1) is 0 Å². The molecule has 0 heterocycles. The second kappa shape index (κ2) is 3.96. The Labute approximate surface area is 111 Å². The van der Waals surface area contributed by atoms with Gasteiger partial charge in [0.15, 0.2) is 0 Å². The topological polar surface area (TPSA) is 55.1 Å². The Balaban J connectivity index is 2.12. The highest BCUT2D eigenvalue weighted by atomic mass is 16.2. The minimum absolute atomic E-state index is 0.111. The van der Waals surface area contributed by atoms with E-state index in [2.05, 4.69) is 26.1 Å². The summed E-state index contributed by atoms with van der Waals surface area (Å²) in [4.78, 5) is 12.3. The number of fused-ring (bicyclic) bond motifs is 2. The van der Waals surface area contributed by atoms with Crippen molar-refractivity contribution in [3.63, 3.8) is 0 Å². The molecule has 1 amide bonds. The maximum absolute atomic E-state index is 12.3. The average Bonchev–Trinajstić information content (AvgIpc) is 2.62. The molecule has 3 atom stereocenters. The van der Waals surface area contributed by atoms with Crippen LogP contribution in [0.25, 0.3) is 0 Å². The van der Waals surface area contributed by atoms with Crippen LogP contribution in [0.1, 0.15) is 53.9 Å². The summed E-state index contributed by atoms with van der Waals surface area (Å²) in [5.74, 6) is 0.869. The average molecular weight is 252 g/mol. The van der Waals surface area contributed by atoms with Crippen molar-refractivity contribution in [1.29, 1.82) is 0 Å². The molecular weight excluding hydrogens is 224 g/mol. The van der Waals surface area contributed by atoms with E-state index in [1.807, 2.05) is 13.8 Å². The van der Waals surface area contributed by atoms with E-state index < -0.39 is 5.41 Å². The largest absolute Gasteiger partial charge is 0.352 e. The zero-order chi connectivity index (χ0) is 13.8. The third kappa shape index (κ3) is 1.70. The second-order valence-electron chi connectivity index (χ2n) is 7.72. The molecule has 2 rings (SSSR count). The van der Waals surface area contributed by atoms with Crippen LogP contribution in [0.2, 0.25) is 0 Å². The van der Waals surface area contributed by atoms with Crippen molar-refractivity contribution >= 4 is 5.91 Å². The van der Waals surface area contributed by atoms with Gasteiger partial charge in [0, 0.05) is 12.6 Å². The lowest BCUT2D eigenvalue weighted by molar-refractivity contribution is -0.130. The van der Waals surface area contributed by atoms with Crippen LogP contribution in [0.15, 0.2) is 0 Å². The third-order valence-electron chi connectivity index (χ3n) is 6.22. The monoisotopic (exact) mass is 252 g/mol. The molecular formula is C15H28N2O. The maximum Gasteiger partial charge on any atom is 0.227 e. The minimum Gasteiger partial charge on any atom is -0.352 e. The van der Waals surface area contributed by atoms with Crippen molar-refractivity contribution in [2.24, 2.45) is 27.9 Å². The number of nitrogens with two attached hydrogens (primary N) is 1. The van der Waals surface area contributed by atoms with Gasteiger partial charge in [0.25, 0.3) is 0 Å². The number of rotatable bonds is 3. The summed E-state index contributed by atoms with van der Waals surface area (Å²) in [7, 11) is 0. The fourth-order valence-corrected chi connectivity index (χ4v) is 3.87. The number of carbonyl (C=O) groups excluding carboxylic acids is 1. The van der Waals surface area contributed by atoms with Gasteiger partial charge in [0.05, 0.1) is 5.41 Å². The van der Waals surface area contributed by atoms with E-state index in [1.165, 1.54) is 12.8 Å². The molecule has 18 heavy (non-hydrogen) atoms. The summed E-state index contributed by atoms with van der Waals surface area (Å²) >= 11 is 0. The Bertz CT molecular complexity index is 362. The number of carbonyl (C=O) groups is 1. The van der Waals surface area contributed by atoms with Crippen LogP contribution in [0.3, 0.4) is 0 Å². The van der Waals surface area contributed by atoms with Gasteiger partial charge in [-0.2, -0.15) is 0 Å². The zero-order valence-corrected chi connectivity index (χ0v) is 12.5. The molecule has 2 saturated carbocycles. The summed E-state index contributed by atoms with van der Waals surface area (Å²) in [5, 5.41) is 3.28. The normalized spacial score (nSPS) is 37.9. The van der Waals surface area contributed by atoms with E-state index in [1.54, 1.807) is 0 Å². The fraction of sp³-hybridized carbons (Fsp3) is 0.933. The number of amides is 1. The smallest absolute Gasteiger partial charge is 0.227 e. The van der Waals surface area contributed by atoms with Gasteiger partial charge in [0.1, 0.15) is 0 Å². The van der Waals surface area contributed by atoms with Crippen molar-refractivity contribution in [2.75, 3.05) is 6.54 Å². The molecule has 0 spiro atoms. The SMILES string of the molecule is CC(C)(CN)C(=O)NC1CC2CCC1(C)C2(C)C. The third-order valence-corrected chi connectivity index (χ3v) is 6.22. The molecule has 3 N–H and O–H groups in total.